The zero-order valence-electron chi connectivity index (χ0n) is 11.8. The Kier molecular flexibility index (Phi) is 4.77. The molecule has 2 rings (SSSR count). The molecule has 1 aromatic carbocycles. The molecule has 0 fully saturated rings. The van der Waals surface area contributed by atoms with E-state index in [2.05, 4.69) is 17.4 Å². The maximum Gasteiger partial charge on any atom is 0.308 e. The Balaban J connectivity index is 1.90. The molecule has 4 heteroatoms. The van der Waals surface area contributed by atoms with Gasteiger partial charge in [-0.3, -0.25) is 9.59 Å². The van der Waals surface area contributed by atoms with E-state index >= 15 is 0 Å². The fraction of sp³-hybridized carbons (Fsp3) is 0.500. The third-order valence-electron chi connectivity index (χ3n) is 4.08. The minimum absolute atomic E-state index is 0.0146. The standard InChI is InChI=1S/C16H21NO3/c1-2-11(16(19)20)10-17-15(18)14-8-7-12-5-3-4-6-13(12)9-14/h3-6,11,14H,2,7-10H2,1H3,(H,17,18)(H,19,20). The summed E-state index contributed by atoms with van der Waals surface area (Å²) in [6, 6.07) is 8.20. The molecule has 4 nitrogen and oxygen atoms in total. The van der Waals surface area contributed by atoms with E-state index in [0.29, 0.717) is 6.42 Å². The van der Waals surface area contributed by atoms with Gasteiger partial charge in [-0.05, 0) is 36.8 Å². The van der Waals surface area contributed by atoms with E-state index in [1.54, 1.807) is 0 Å². The second-order valence-corrected chi connectivity index (χ2v) is 5.40. The lowest BCUT2D eigenvalue weighted by Crippen LogP contribution is -2.38. The lowest BCUT2D eigenvalue weighted by Gasteiger charge is -2.24. The number of aliphatic carboxylic acids is 1. The Labute approximate surface area is 119 Å². The van der Waals surface area contributed by atoms with Crippen LogP contribution in [0.15, 0.2) is 24.3 Å². The maximum absolute atomic E-state index is 12.1. The fourth-order valence-electron chi connectivity index (χ4n) is 2.70. The number of carbonyl (C=O) groups is 2. The third kappa shape index (κ3) is 3.38. The van der Waals surface area contributed by atoms with Gasteiger partial charge in [-0.25, -0.2) is 0 Å². The highest BCUT2D eigenvalue weighted by atomic mass is 16.4. The second-order valence-electron chi connectivity index (χ2n) is 5.40. The smallest absolute Gasteiger partial charge is 0.308 e. The molecule has 0 spiro atoms. The molecule has 0 aliphatic heterocycles. The quantitative estimate of drug-likeness (QED) is 0.864. The number of carbonyl (C=O) groups excluding carboxylic acids is 1. The van der Waals surface area contributed by atoms with E-state index in [-0.39, 0.29) is 18.4 Å². The molecule has 2 N–H and O–H groups in total. The maximum atomic E-state index is 12.1. The van der Waals surface area contributed by atoms with Crippen molar-refractivity contribution < 1.29 is 14.7 Å². The van der Waals surface area contributed by atoms with Crippen LogP contribution in [-0.4, -0.2) is 23.5 Å². The van der Waals surface area contributed by atoms with Crippen molar-refractivity contribution in [3.05, 3.63) is 35.4 Å². The number of benzene rings is 1. The average molecular weight is 275 g/mol. The molecule has 20 heavy (non-hydrogen) atoms. The summed E-state index contributed by atoms with van der Waals surface area (Å²) < 4.78 is 0. The van der Waals surface area contributed by atoms with E-state index in [4.69, 9.17) is 5.11 Å². The van der Waals surface area contributed by atoms with E-state index in [0.717, 1.165) is 19.3 Å². The van der Waals surface area contributed by atoms with Crippen LogP contribution >= 0.6 is 0 Å². The SMILES string of the molecule is CCC(CNC(=O)C1CCc2ccccc2C1)C(=O)O. The van der Waals surface area contributed by atoms with Crippen LogP contribution in [0, 0.1) is 11.8 Å². The Morgan fingerprint density at radius 1 is 1.35 bits per heavy atom. The predicted octanol–water partition coefficient (Wildman–Crippen LogP) is 2.02. The van der Waals surface area contributed by atoms with Crippen molar-refractivity contribution in [1.82, 2.24) is 5.32 Å². The first kappa shape index (κ1) is 14.6. The largest absolute Gasteiger partial charge is 0.481 e. The number of fused-ring (bicyclic) bond motifs is 1. The van der Waals surface area contributed by atoms with Gasteiger partial charge < -0.3 is 10.4 Å². The van der Waals surface area contributed by atoms with Crippen LogP contribution in [-0.2, 0) is 22.4 Å². The number of carboxylic acid groups (broad SMARTS) is 1. The molecule has 1 amide bonds. The van der Waals surface area contributed by atoms with Gasteiger partial charge in [-0.15, -0.1) is 0 Å². The highest BCUT2D eigenvalue weighted by Crippen LogP contribution is 2.25. The van der Waals surface area contributed by atoms with Crippen molar-refractivity contribution in [3.8, 4) is 0 Å². The zero-order chi connectivity index (χ0) is 14.5. The lowest BCUT2D eigenvalue weighted by atomic mass is 9.83. The van der Waals surface area contributed by atoms with Crippen molar-refractivity contribution in [2.45, 2.75) is 32.6 Å². The monoisotopic (exact) mass is 275 g/mol. The number of hydrogen-bond donors (Lipinski definition) is 2. The highest BCUT2D eigenvalue weighted by Gasteiger charge is 2.25. The van der Waals surface area contributed by atoms with Crippen LogP contribution < -0.4 is 5.32 Å². The van der Waals surface area contributed by atoms with Crippen LogP contribution in [0.3, 0.4) is 0 Å². The van der Waals surface area contributed by atoms with Gasteiger partial charge in [0.15, 0.2) is 0 Å². The number of hydrogen-bond acceptors (Lipinski definition) is 2. The van der Waals surface area contributed by atoms with Crippen molar-refractivity contribution in [2.24, 2.45) is 11.8 Å². The summed E-state index contributed by atoms with van der Waals surface area (Å²) in [6.07, 6.45) is 3.05. The fourth-order valence-corrected chi connectivity index (χ4v) is 2.70. The van der Waals surface area contributed by atoms with Crippen LogP contribution in [0.25, 0.3) is 0 Å². The van der Waals surface area contributed by atoms with Crippen LogP contribution in [0.1, 0.15) is 30.9 Å². The van der Waals surface area contributed by atoms with Crippen molar-refractivity contribution in [3.63, 3.8) is 0 Å². The van der Waals surface area contributed by atoms with E-state index in [9.17, 15) is 9.59 Å². The summed E-state index contributed by atoms with van der Waals surface area (Å²) in [6.45, 7) is 2.05. The summed E-state index contributed by atoms with van der Waals surface area (Å²) >= 11 is 0. The summed E-state index contributed by atoms with van der Waals surface area (Å²) in [5.41, 5.74) is 2.57. The number of nitrogens with one attached hydrogen (secondary N) is 1. The molecule has 1 aliphatic rings. The molecular weight excluding hydrogens is 254 g/mol. The Bertz CT molecular complexity index is 498. The normalized spacial score (nSPS) is 18.9. The minimum atomic E-state index is -0.846. The van der Waals surface area contributed by atoms with Gasteiger partial charge >= 0.3 is 5.97 Å². The molecule has 0 saturated carbocycles. The molecule has 0 radical (unpaired) electrons. The minimum Gasteiger partial charge on any atom is -0.481 e. The molecular formula is C16H21NO3. The number of carboxylic acids is 1. The molecule has 0 saturated heterocycles. The van der Waals surface area contributed by atoms with Crippen molar-refractivity contribution >= 4 is 11.9 Å². The first-order chi connectivity index (χ1) is 9.61. The second kappa shape index (κ2) is 6.55. The lowest BCUT2D eigenvalue weighted by molar-refractivity contribution is -0.141. The Morgan fingerprint density at radius 3 is 2.70 bits per heavy atom. The Hall–Kier alpha value is -1.84. The summed E-state index contributed by atoms with van der Waals surface area (Å²) in [5, 5.41) is 11.8. The third-order valence-corrected chi connectivity index (χ3v) is 4.08. The summed E-state index contributed by atoms with van der Waals surface area (Å²) in [7, 11) is 0. The first-order valence-electron chi connectivity index (χ1n) is 7.19. The van der Waals surface area contributed by atoms with E-state index in [1.807, 2.05) is 19.1 Å². The van der Waals surface area contributed by atoms with Gasteiger partial charge in [0.25, 0.3) is 0 Å². The molecule has 1 aliphatic carbocycles. The van der Waals surface area contributed by atoms with E-state index < -0.39 is 11.9 Å². The Morgan fingerprint density at radius 2 is 2.05 bits per heavy atom. The summed E-state index contributed by atoms with van der Waals surface area (Å²) in [4.78, 5) is 23.1. The molecule has 0 bridgehead atoms. The topological polar surface area (TPSA) is 66.4 Å². The number of aryl methyl sites for hydroxylation is 1. The summed E-state index contributed by atoms with van der Waals surface area (Å²) in [5.74, 6) is -1.38. The van der Waals surface area contributed by atoms with Crippen LogP contribution in [0.4, 0.5) is 0 Å². The van der Waals surface area contributed by atoms with Gasteiger partial charge in [-0.1, -0.05) is 31.2 Å². The van der Waals surface area contributed by atoms with Gasteiger partial charge in [-0.2, -0.15) is 0 Å². The van der Waals surface area contributed by atoms with Gasteiger partial charge in [0.05, 0.1) is 5.92 Å². The molecule has 0 heterocycles. The molecule has 2 atom stereocenters. The van der Waals surface area contributed by atoms with Crippen LogP contribution in [0.2, 0.25) is 0 Å². The molecule has 0 aromatic heterocycles. The number of amides is 1. The molecule has 1 aromatic rings. The van der Waals surface area contributed by atoms with Crippen molar-refractivity contribution in [1.29, 1.82) is 0 Å². The van der Waals surface area contributed by atoms with Gasteiger partial charge in [0, 0.05) is 12.5 Å². The number of rotatable bonds is 5. The average Bonchev–Trinajstić information content (AvgIpc) is 2.46. The van der Waals surface area contributed by atoms with Crippen molar-refractivity contribution in [2.75, 3.05) is 6.54 Å². The highest BCUT2D eigenvalue weighted by molar-refractivity contribution is 5.80. The van der Waals surface area contributed by atoms with Gasteiger partial charge in [0.2, 0.25) is 5.91 Å². The zero-order valence-corrected chi connectivity index (χ0v) is 11.8. The molecule has 108 valence electrons. The van der Waals surface area contributed by atoms with Gasteiger partial charge in [0.1, 0.15) is 0 Å². The predicted molar refractivity (Wildman–Crippen MR) is 76.4 cm³/mol. The first-order valence-corrected chi connectivity index (χ1v) is 7.19. The van der Waals surface area contributed by atoms with Crippen LogP contribution in [0.5, 0.6) is 0 Å². The van der Waals surface area contributed by atoms with E-state index in [1.165, 1.54) is 11.1 Å². The molecule has 2 unspecified atom stereocenters.